The molecular weight excluding hydrogens is 1620 g/mol. The van der Waals surface area contributed by atoms with E-state index in [-0.39, 0.29) is 28.9 Å². The first kappa shape index (κ1) is 78.4. The molecule has 22 nitrogen and oxygen atoms in total. The number of carboxylic acid groups (broad SMARTS) is 1. The summed E-state index contributed by atoms with van der Waals surface area (Å²) in [5.41, 5.74) is -5.88. The molecular formula is C87H89Br3N6O16. The second-order valence-corrected chi connectivity index (χ2v) is 32.7. The number of rotatable bonds is 12. The van der Waals surface area contributed by atoms with Gasteiger partial charge in [-0.15, -0.1) is 0 Å². The second-order valence-electron chi connectivity index (χ2n) is 30.0. The number of ether oxygens (including phenoxy) is 6. The number of aromatic nitrogens is 3. The number of halogens is 3. The first-order valence-electron chi connectivity index (χ1n) is 38.0. The second kappa shape index (κ2) is 31.8. The molecule has 6 aliphatic heterocycles. The van der Waals surface area contributed by atoms with Gasteiger partial charge in [0.15, 0.2) is 33.6 Å². The highest BCUT2D eigenvalue weighted by Gasteiger charge is 2.81. The predicted molar refractivity (Wildman–Crippen MR) is 425 cm³/mol. The smallest absolute Gasteiger partial charge is 0.310 e. The van der Waals surface area contributed by atoms with Crippen LogP contribution in [0.5, 0.6) is 34.5 Å². The molecule has 6 fully saturated rings. The first-order valence-corrected chi connectivity index (χ1v) is 40.4. The average molecular weight is 1710 g/mol. The van der Waals surface area contributed by atoms with Crippen LogP contribution in [0.25, 0.3) is 0 Å². The Bertz CT molecular complexity index is 4660. The minimum Gasteiger partial charge on any atom is -0.495 e. The highest BCUT2D eigenvalue weighted by molar-refractivity contribution is 9.11. The largest absolute Gasteiger partial charge is 0.495 e. The van der Waals surface area contributed by atoms with Crippen LogP contribution in [0.1, 0.15) is 126 Å². The van der Waals surface area contributed by atoms with Gasteiger partial charge in [-0.3, -0.25) is 29.3 Å². The average Bonchev–Trinajstić information content (AvgIpc) is 1.51. The summed E-state index contributed by atoms with van der Waals surface area (Å²) in [6, 6.07) is 50.2. The Kier molecular flexibility index (Phi) is 22.3. The van der Waals surface area contributed by atoms with Crippen molar-refractivity contribution in [1.29, 1.82) is 0 Å². The predicted octanol–water partition coefficient (Wildman–Crippen LogP) is 12.2. The fourth-order valence-electron chi connectivity index (χ4n) is 19.6. The molecule has 6 aromatic carbocycles. The number of hydrogen-bond donors (Lipinski definition) is 8. The standard InChI is InChI=1S/2C29H29BrN2O5.C24H20BrNO6.C5H11N/c2*1-36-21-16-31-17-22-25(21)28(35)26(33)23(27(34)32-14-6-3-7-15-32)24(18-8-4-2-5-9-18)29(28,37-22)19-10-12-20(30)13-11-19;1-31-16-11-26-12-17-20(16)23(30)21(27)18(22(28)29)19(13-5-3-2-4-6-13)24(23,32-17)14-7-9-15(25)10-8-14;1-2-4-6-5-3-1/h2*2,4-5,8-13,16-17,23-24,26,33,35H,3,6-7,14-15H2,1H3;2-12,18-19,21,27,30H,1H3,(H,28,29);6H,1-5H2/t2*23-,24-,26-,28+,29+;18-,19-,21-,23+,24+;/m111./s1. The number of carboxylic acids is 1. The van der Waals surface area contributed by atoms with Crippen LogP contribution in [0.4, 0.5) is 0 Å². The lowest BCUT2D eigenvalue weighted by Crippen LogP contribution is -2.52. The molecule has 3 aromatic heterocycles. The van der Waals surface area contributed by atoms with Crippen LogP contribution in [0.15, 0.2) is 214 Å². The summed E-state index contributed by atoms with van der Waals surface area (Å²) in [6.45, 7) is 5.05. The molecule has 0 bridgehead atoms. The first-order chi connectivity index (χ1) is 54.2. The molecule has 18 rings (SSSR count). The summed E-state index contributed by atoms with van der Waals surface area (Å²) in [5, 5.41) is 87.2. The van der Waals surface area contributed by atoms with Gasteiger partial charge in [0.1, 0.15) is 52.8 Å². The topological polar surface area (TPSA) is 305 Å². The Labute approximate surface area is 674 Å². The van der Waals surface area contributed by atoms with Crippen LogP contribution in [0.2, 0.25) is 0 Å². The lowest BCUT2D eigenvalue weighted by atomic mass is 9.70. The molecule has 3 aliphatic carbocycles. The van der Waals surface area contributed by atoms with E-state index in [1.54, 1.807) is 48.5 Å². The van der Waals surface area contributed by atoms with E-state index in [2.05, 4.69) is 68.1 Å². The van der Waals surface area contributed by atoms with E-state index < -0.39 is 93.4 Å². The van der Waals surface area contributed by atoms with Crippen LogP contribution < -0.4 is 33.7 Å². The van der Waals surface area contributed by atoms with Crippen molar-refractivity contribution in [3.05, 3.63) is 264 Å². The molecule has 25 heteroatoms. The molecule has 3 saturated carbocycles. The maximum atomic E-state index is 14.2. The molecule has 9 aromatic rings. The van der Waals surface area contributed by atoms with Gasteiger partial charge in [0.2, 0.25) is 11.8 Å². The monoisotopic (exact) mass is 1710 g/mol. The van der Waals surface area contributed by atoms with E-state index in [1.807, 2.05) is 125 Å². The van der Waals surface area contributed by atoms with Gasteiger partial charge in [-0.05, 0) is 134 Å². The van der Waals surface area contributed by atoms with E-state index in [9.17, 15) is 50.1 Å². The number of fused-ring (bicyclic) bond motifs is 9. The summed E-state index contributed by atoms with van der Waals surface area (Å²) in [5.74, 6) is -5.41. The van der Waals surface area contributed by atoms with Crippen molar-refractivity contribution in [2.75, 3.05) is 60.6 Å². The van der Waals surface area contributed by atoms with Crippen molar-refractivity contribution in [2.24, 2.45) is 17.8 Å². The molecule has 0 radical (unpaired) electrons. The van der Waals surface area contributed by atoms with Gasteiger partial charge in [0, 0.05) is 57.4 Å². The summed E-state index contributed by atoms with van der Waals surface area (Å²) >= 11 is 10.4. The fraction of sp³-hybridized carbons (Fsp3) is 0.379. The number of likely N-dealkylation sites (tertiary alicyclic amines) is 2. The van der Waals surface area contributed by atoms with Crippen molar-refractivity contribution < 1.29 is 78.6 Å². The summed E-state index contributed by atoms with van der Waals surface area (Å²) in [7, 11) is 4.41. The van der Waals surface area contributed by atoms with Gasteiger partial charge in [-0.2, -0.15) is 0 Å². The van der Waals surface area contributed by atoms with Crippen molar-refractivity contribution in [2.45, 2.75) is 127 Å². The van der Waals surface area contributed by atoms with Crippen LogP contribution in [0.3, 0.4) is 0 Å². The van der Waals surface area contributed by atoms with E-state index in [0.29, 0.717) is 82.6 Å². The van der Waals surface area contributed by atoms with E-state index >= 15 is 0 Å². The maximum absolute atomic E-state index is 14.2. The zero-order chi connectivity index (χ0) is 78.5. The third-order valence-corrected chi connectivity index (χ3v) is 25.9. The molecule has 8 N–H and O–H groups in total. The number of aliphatic hydroxyl groups is 6. The van der Waals surface area contributed by atoms with Crippen LogP contribution in [0, 0.1) is 17.8 Å². The number of carbonyl (C=O) groups is 3. The molecule has 9 aliphatic rings. The van der Waals surface area contributed by atoms with Crippen LogP contribution >= 0.6 is 47.8 Å². The normalized spacial score (nSPS) is 30.0. The fourth-order valence-corrected chi connectivity index (χ4v) is 20.3. The number of nitrogens with zero attached hydrogens (tertiary/aromatic N) is 5. The number of piperidine rings is 3. The van der Waals surface area contributed by atoms with Gasteiger partial charge in [-0.1, -0.05) is 182 Å². The minimum absolute atomic E-state index is 0.168. The van der Waals surface area contributed by atoms with Gasteiger partial charge in [0.25, 0.3) is 0 Å². The lowest BCUT2D eigenvalue weighted by molar-refractivity contribution is -0.159. The molecule has 9 heterocycles. The number of pyridine rings is 3. The Hall–Kier alpha value is -8.86. The zero-order valence-corrected chi connectivity index (χ0v) is 66.8. The summed E-state index contributed by atoms with van der Waals surface area (Å²) < 4.78 is 39.2. The van der Waals surface area contributed by atoms with Gasteiger partial charge < -0.3 is 79.3 Å². The molecule has 584 valence electrons. The molecule has 2 amide bonds. The SMILES string of the molecule is C1CCNCC1.COc1cncc2c1[C@]1(O)[C@H](O)[C@H](C(=O)N3CCCCC3)[C@@H](c3ccccc3)[C@]1(c1ccc(Br)cc1)O2.COc1cncc2c1[C@]1(O)[C@H](O)[C@H](C(=O)N3CCCCC3)[C@@H](c3ccccc3)[C@]1(c1ccc(Br)cc1)O2.COc1cncc2c1[C@]1(O)[C@H](O)[C@H](C(=O)O)[C@@H](c3ccccc3)[C@]1(c1ccc(Br)cc1)O2. The van der Waals surface area contributed by atoms with Crippen molar-refractivity contribution in [3.8, 4) is 34.5 Å². The number of hydrogen-bond acceptors (Lipinski definition) is 19. The Morgan fingerprint density at radius 1 is 0.402 bits per heavy atom. The Morgan fingerprint density at radius 2 is 0.679 bits per heavy atom. The molecule has 0 unspecified atom stereocenters. The quantitative estimate of drug-likeness (QED) is 0.0563. The van der Waals surface area contributed by atoms with Gasteiger partial charge in [0.05, 0.1) is 93.0 Å². The third-order valence-electron chi connectivity index (χ3n) is 24.3. The lowest BCUT2D eigenvalue weighted by Gasteiger charge is -2.41. The Morgan fingerprint density at radius 3 is 0.938 bits per heavy atom. The third kappa shape index (κ3) is 12.5. The number of amides is 2. The maximum Gasteiger partial charge on any atom is 0.310 e. The van der Waals surface area contributed by atoms with E-state index in [1.165, 1.54) is 90.9 Å². The highest BCUT2D eigenvalue weighted by Crippen LogP contribution is 2.73. The zero-order valence-electron chi connectivity index (χ0n) is 62.0. The van der Waals surface area contributed by atoms with Crippen LogP contribution in [-0.2, 0) is 48.0 Å². The number of aliphatic hydroxyl groups excluding tert-OH is 3. The number of aliphatic carboxylic acids is 1. The number of carbonyl (C=O) groups excluding carboxylic acids is 2. The van der Waals surface area contributed by atoms with Gasteiger partial charge in [-0.25, -0.2) is 0 Å². The molecule has 112 heavy (non-hydrogen) atoms. The Balaban J connectivity index is 0.000000128. The van der Waals surface area contributed by atoms with E-state index in [0.717, 1.165) is 63.1 Å². The van der Waals surface area contributed by atoms with Crippen LogP contribution in [-0.4, -0.2) is 157 Å². The number of methoxy groups -OCH3 is 3. The molecule has 3 saturated heterocycles. The summed E-state index contributed by atoms with van der Waals surface area (Å²) in [4.78, 5) is 57.2. The van der Waals surface area contributed by atoms with Gasteiger partial charge >= 0.3 is 5.97 Å². The molecule has 0 spiro atoms. The highest BCUT2D eigenvalue weighted by atomic mass is 79.9. The van der Waals surface area contributed by atoms with E-state index in [4.69, 9.17) is 28.4 Å². The number of benzene rings is 6. The molecule has 15 atom stereocenters. The van der Waals surface area contributed by atoms with Crippen molar-refractivity contribution in [3.63, 3.8) is 0 Å². The summed E-state index contributed by atoms with van der Waals surface area (Å²) in [6.07, 6.45) is 14.4. The van der Waals surface area contributed by atoms with Crippen molar-refractivity contribution in [1.82, 2.24) is 30.1 Å². The minimum atomic E-state index is -2.12. The van der Waals surface area contributed by atoms with Crippen molar-refractivity contribution >= 4 is 65.6 Å². The number of nitrogens with one attached hydrogen (secondary N) is 1.